The Balaban J connectivity index is 3.41. The minimum absolute atomic E-state index is 0.474. The number of hydrogen-bond donors (Lipinski definition) is 1. The second-order valence-corrected chi connectivity index (χ2v) is 4.87. The first kappa shape index (κ1) is 16.2. The van der Waals surface area contributed by atoms with Crippen molar-refractivity contribution in [1.82, 2.24) is 0 Å². The fourth-order valence-corrected chi connectivity index (χ4v) is 2.03. The summed E-state index contributed by atoms with van der Waals surface area (Å²) in [5.41, 5.74) is 0.474. The van der Waals surface area contributed by atoms with Crippen molar-refractivity contribution in [3.63, 3.8) is 0 Å². The van der Waals surface area contributed by atoms with E-state index in [2.05, 4.69) is 13.8 Å². The molecule has 0 rings (SSSR count). The fraction of sp³-hybridized carbons (Fsp3) is 0.800. The monoisotopic (exact) mass is 240 g/mol. The average molecular weight is 240 g/mol. The van der Waals surface area contributed by atoms with Gasteiger partial charge in [-0.05, 0) is 25.7 Å². The Hall–Kier alpha value is -0.790. The Morgan fingerprint density at radius 2 is 1.71 bits per heavy atom. The van der Waals surface area contributed by atoms with Crippen LogP contribution in [0.15, 0.2) is 11.6 Å². The van der Waals surface area contributed by atoms with Crippen LogP contribution >= 0.6 is 0 Å². The first-order valence-electron chi connectivity index (χ1n) is 7.01. The Kier molecular flexibility index (Phi) is 9.89. The standard InChI is InChI=1S/C15H28O2/c1-4-14(5-2)12-10-8-6-7-9-11-13(3)15(16)17/h11,14H,4-10,12H2,1-3H3,(H,16,17). The second-order valence-electron chi connectivity index (χ2n) is 4.87. The molecule has 0 radical (unpaired) electrons. The molecule has 0 aromatic heterocycles. The van der Waals surface area contributed by atoms with E-state index in [1.165, 1.54) is 38.5 Å². The van der Waals surface area contributed by atoms with Crippen LogP contribution in [0, 0.1) is 5.92 Å². The van der Waals surface area contributed by atoms with Crippen LogP contribution in [-0.4, -0.2) is 11.1 Å². The van der Waals surface area contributed by atoms with Gasteiger partial charge in [0, 0.05) is 5.57 Å². The molecule has 17 heavy (non-hydrogen) atoms. The van der Waals surface area contributed by atoms with Crippen molar-refractivity contribution < 1.29 is 9.90 Å². The van der Waals surface area contributed by atoms with Crippen LogP contribution in [0.5, 0.6) is 0 Å². The van der Waals surface area contributed by atoms with Gasteiger partial charge in [0.05, 0.1) is 0 Å². The highest BCUT2D eigenvalue weighted by molar-refractivity contribution is 5.85. The lowest BCUT2D eigenvalue weighted by atomic mass is 9.96. The van der Waals surface area contributed by atoms with E-state index in [-0.39, 0.29) is 0 Å². The molecule has 0 aliphatic heterocycles. The minimum atomic E-state index is -0.793. The van der Waals surface area contributed by atoms with Gasteiger partial charge in [0.1, 0.15) is 0 Å². The van der Waals surface area contributed by atoms with E-state index in [4.69, 9.17) is 5.11 Å². The summed E-state index contributed by atoms with van der Waals surface area (Å²) in [7, 11) is 0. The van der Waals surface area contributed by atoms with E-state index in [0.29, 0.717) is 5.57 Å². The van der Waals surface area contributed by atoms with Crippen molar-refractivity contribution in [2.75, 3.05) is 0 Å². The molecule has 0 unspecified atom stereocenters. The van der Waals surface area contributed by atoms with E-state index < -0.39 is 5.97 Å². The predicted molar refractivity (Wildman–Crippen MR) is 73.2 cm³/mol. The number of allylic oxidation sites excluding steroid dienone is 1. The Morgan fingerprint density at radius 1 is 1.12 bits per heavy atom. The number of carboxylic acid groups (broad SMARTS) is 1. The molecule has 0 amide bonds. The molecule has 1 N–H and O–H groups in total. The molecule has 0 saturated heterocycles. The minimum Gasteiger partial charge on any atom is -0.478 e. The van der Waals surface area contributed by atoms with Gasteiger partial charge in [-0.1, -0.05) is 58.4 Å². The Labute approximate surface area is 106 Å². The maximum atomic E-state index is 10.5. The van der Waals surface area contributed by atoms with E-state index in [0.717, 1.165) is 18.8 Å². The summed E-state index contributed by atoms with van der Waals surface area (Å²) in [4.78, 5) is 10.5. The molecular weight excluding hydrogens is 212 g/mol. The highest BCUT2D eigenvalue weighted by atomic mass is 16.4. The highest BCUT2D eigenvalue weighted by Crippen LogP contribution is 2.17. The number of carboxylic acids is 1. The van der Waals surface area contributed by atoms with Gasteiger partial charge in [-0.25, -0.2) is 4.79 Å². The zero-order valence-electron chi connectivity index (χ0n) is 11.7. The van der Waals surface area contributed by atoms with Gasteiger partial charge < -0.3 is 5.11 Å². The fourth-order valence-electron chi connectivity index (χ4n) is 2.03. The summed E-state index contributed by atoms with van der Waals surface area (Å²) in [5.74, 6) is 0.114. The first-order chi connectivity index (χ1) is 8.11. The van der Waals surface area contributed by atoms with Crippen LogP contribution < -0.4 is 0 Å². The van der Waals surface area contributed by atoms with Crippen LogP contribution in [0.1, 0.15) is 72.1 Å². The molecule has 0 bridgehead atoms. The molecular formula is C15H28O2. The zero-order valence-corrected chi connectivity index (χ0v) is 11.7. The Morgan fingerprint density at radius 3 is 2.24 bits per heavy atom. The van der Waals surface area contributed by atoms with Gasteiger partial charge in [-0.3, -0.25) is 0 Å². The van der Waals surface area contributed by atoms with Crippen LogP contribution in [-0.2, 0) is 4.79 Å². The van der Waals surface area contributed by atoms with Gasteiger partial charge in [0.25, 0.3) is 0 Å². The molecule has 0 aromatic rings. The molecule has 0 fully saturated rings. The predicted octanol–water partition coefficient (Wildman–Crippen LogP) is 4.79. The molecule has 0 aliphatic rings. The number of unbranched alkanes of at least 4 members (excludes halogenated alkanes) is 4. The van der Waals surface area contributed by atoms with Gasteiger partial charge in [0.2, 0.25) is 0 Å². The van der Waals surface area contributed by atoms with Crippen molar-refractivity contribution in [3.8, 4) is 0 Å². The zero-order chi connectivity index (χ0) is 13.1. The third kappa shape index (κ3) is 8.96. The lowest BCUT2D eigenvalue weighted by Gasteiger charge is -2.11. The normalized spacial score (nSPS) is 12.1. The number of hydrogen-bond acceptors (Lipinski definition) is 1. The summed E-state index contributed by atoms with van der Waals surface area (Å²) in [6, 6.07) is 0. The van der Waals surface area contributed by atoms with E-state index in [1.54, 1.807) is 6.92 Å². The third-order valence-electron chi connectivity index (χ3n) is 3.51. The number of rotatable bonds is 10. The Bertz CT molecular complexity index is 227. The van der Waals surface area contributed by atoms with Gasteiger partial charge in [0.15, 0.2) is 0 Å². The van der Waals surface area contributed by atoms with E-state index in [1.807, 2.05) is 6.08 Å². The summed E-state index contributed by atoms with van der Waals surface area (Å²) in [5, 5.41) is 8.67. The topological polar surface area (TPSA) is 37.3 Å². The third-order valence-corrected chi connectivity index (χ3v) is 3.51. The number of aliphatic carboxylic acids is 1. The second kappa shape index (κ2) is 10.4. The summed E-state index contributed by atoms with van der Waals surface area (Å²) < 4.78 is 0. The quantitative estimate of drug-likeness (QED) is 0.440. The molecule has 0 saturated carbocycles. The lowest BCUT2D eigenvalue weighted by Crippen LogP contribution is -1.96. The maximum Gasteiger partial charge on any atom is 0.330 e. The van der Waals surface area contributed by atoms with Crippen molar-refractivity contribution in [3.05, 3.63) is 11.6 Å². The smallest absolute Gasteiger partial charge is 0.330 e. The number of carbonyl (C=O) groups is 1. The molecule has 0 atom stereocenters. The van der Waals surface area contributed by atoms with Gasteiger partial charge in [-0.2, -0.15) is 0 Å². The lowest BCUT2D eigenvalue weighted by molar-refractivity contribution is -0.132. The maximum absolute atomic E-state index is 10.5. The van der Waals surface area contributed by atoms with Crippen LogP contribution in [0.25, 0.3) is 0 Å². The van der Waals surface area contributed by atoms with Crippen molar-refractivity contribution in [2.45, 2.75) is 72.1 Å². The van der Waals surface area contributed by atoms with Crippen LogP contribution in [0.4, 0.5) is 0 Å². The van der Waals surface area contributed by atoms with E-state index in [9.17, 15) is 4.79 Å². The molecule has 100 valence electrons. The molecule has 0 heterocycles. The van der Waals surface area contributed by atoms with Crippen LogP contribution in [0.3, 0.4) is 0 Å². The van der Waals surface area contributed by atoms with Crippen molar-refractivity contribution >= 4 is 5.97 Å². The van der Waals surface area contributed by atoms with Gasteiger partial charge in [-0.15, -0.1) is 0 Å². The van der Waals surface area contributed by atoms with Crippen LogP contribution in [0.2, 0.25) is 0 Å². The molecule has 0 aromatic carbocycles. The first-order valence-corrected chi connectivity index (χ1v) is 7.01. The summed E-state index contributed by atoms with van der Waals surface area (Å²) in [6.07, 6.45) is 11.7. The highest BCUT2D eigenvalue weighted by Gasteiger charge is 2.02. The molecule has 0 aliphatic carbocycles. The summed E-state index contributed by atoms with van der Waals surface area (Å²) in [6.45, 7) is 6.21. The molecule has 2 nitrogen and oxygen atoms in total. The largest absolute Gasteiger partial charge is 0.478 e. The molecule has 0 spiro atoms. The van der Waals surface area contributed by atoms with Gasteiger partial charge >= 0.3 is 5.97 Å². The van der Waals surface area contributed by atoms with E-state index >= 15 is 0 Å². The SMILES string of the molecule is CCC(CC)CCCCCCC=C(C)C(=O)O. The average Bonchev–Trinajstić information content (AvgIpc) is 2.32. The molecule has 2 heteroatoms. The van der Waals surface area contributed by atoms with Crippen molar-refractivity contribution in [1.29, 1.82) is 0 Å². The van der Waals surface area contributed by atoms with Crippen molar-refractivity contribution in [2.24, 2.45) is 5.92 Å². The summed E-state index contributed by atoms with van der Waals surface area (Å²) >= 11 is 0.